The summed E-state index contributed by atoms with van der Waals surface area (Å²) in [4.78, 5) is 22.2. The van der Waals surface area contributed by atoms with E-state index in [1.54, 1.807) is 0 Å². The molecule has 9 aromatic rings. The van der Waals surface area contributed by atoms with Gasteiger partial charge in [0.25, 0.3) is 0 Å². The third-order valence-electron chi connectivity index (χ3n) is 11.1. The maximum atomic E-state index is 4.99. The van der Waals surface area contributed by atoms with Gasteiger partial charge in [0, 0.05) is 51.6 Å². The van der Waals surface area contributed by atoms with Gasteiger partial charge in [-0.2, -0.15) is 0 Å². The van der Waals surface area contributed by atoms with E-state index in [0.717, 1.165) is 39.5 Å². The van der Waals surface area contributed by atoms with Crippen molar-refractivity contribution in [1.82, 2.24) is 24.5 Å². The van der Waals surface area contributed by atoms with Gasteiger partial charge in [0.15, 0.2) is 5.82 Å². The smallest absolute Gasteiger partial charge is 0.230 e. The highest BCUT2D eigenvalue weighted by Crippen LogP contribution is 2.48. The fourth-order valence-corrected chi connectivity index (χ4v) is 8.43. The van der Waals surface area contributed by atoms with E-state index in [1.807, 2.05) is 54.9 Å². The van der Waals surface area contributed by atoms with Crippen molar-refractivity contribution in [3.8, 4) is 39.6 Å². The summed E-state index contributed by atoms with van der Waals surface area (Å²) in [5.41, 5.74) is 12.9. The molecule has 3 aromatic heterocycles. The molecule has 2 aliphatic rings. The predicted molar refractivity (Wildman–Crippen MR) is 227 cm³/mol. The molecule has 4 heterocycles. The highest BCUT2D eigenvalue weighted by molar-refractivity contribution is 6.10. The maximum Gasteiger partial charge on any atom is 0.230 e. The summed E-state index contributed by atoms with van der Waals surface area (Å²) >= 11 is 0. The summed E-state index contributed by atoms with van der Waals surface area (Å²) in [6.07, 6.45) is 10.7. The van der Waals surface area contributed by atoms with Crippen molar-refractivity contribution in [2.24, 2.45) is 0 Å². The minimum absolute atomic E-state index is 0.0313. The van der Waals surface area contributed by atoms with Crippen LogP contribution in [0.4, 0.5) is 11.6 Å². The SMILES string of the molecule is C1=CC2C(C=C1c1ccc3c4ccccc4n(-c4ccccc4)c3c1)c1ccccc1N2c1ncc(-c2nc(-c3ccccc3)cc(-c3ccccc3)n2)cn1. The second kappa shape index (κ2) is 13.1. The largest absolute Gasteiger partial charge is 0.309 e. The number of rotatable bonds is 6. The topological polar surface area (TPSA) is 59.7 Å². The average molecular weight is 719 g/mol. The van der Waals surface area contributed by atoms with Gasteiger partial charge in [0.2, 0.25) is 5.95 Å². The third kappa shape index (κ3) is 5.34. The monoisotopic (exact) mass is 718 g/mol. The Morgan fingerprint density at radius 3 is 1.86 bits per heavy atom. The van der Waals surface area contributed by atoms with Gasteiger partial charge in [-0.05, 0) is 53.1 Å². The molecular formula is C50H34N6. The number of hydrogen-bond acceptors (Lipinski definition) is 5. The second-order valence-corrected chi connectivity index (χ2v) is 14.3. The Balaban J connectivity index is 0.953. The Kier molecular flexibility index (Phi) is 7.52. The fraction of sp³-hybridized carbons (Fsp3) is 0.0400. The van der Waals surface area contributed by atoms with Gasteiger partial charge in [0.05, 0.1) is 34.0 Å². The molecule has 1 aliphatic heterocycles. The van der Waals surface area contributed by atoms with Crippen molar-refractivity contribution in [3.63, 3.8) is 0 Å². The Bertz CT molecular complexity index is 2910. The van der Waals surface area contributed by atoms with Crippen molar-refractivity contribution in [2.45, 2.75) is 12.0 Å². The van der Waals surface area contributed by atoms with Crippen LogP contribution in [-0.4, -0.2) is 30.5 Å². The Morgan fingerprint density at radius 2 is 1.12 bits per heavy atom. The molecule has 56 heavy (non-hydrogen) atoms. The minimum atomic E-state index is 0.0313. The van der Waals surface area contributed by atoms with Gasteiger partial charge in [0.1, 0.15) is 0 Å². The number of allylic oxidation sites excluding steroid dienone is 2. The Hall–Kier alpha value is -7.44. The van der Waals surface area contributed by atoms with Gasteiger partial charge in [-0.3, -0.25) is 0 Å². The molecule has 6 nitrogen and oxygen atoms in total. The van der Waals surface area contributed by atoms with Gasteiger partial charge in [-0.25, -0.2) is 19.9 Å². The summed E-state index contributed by atoms with van der Waals surface area (Å²) in [6.45, 7) is 0. The van der Waals surface area contributed by atoms with Crippen LogP contribution in [0.2, 0.25) is 0 Å². The van der Waals surface area contributed by atoms with E-state index in [4.69, 9.17) is 19.9 Å². The van der Waals surface area contributed by atoms with E-state index >= 15 is 0 Å². The number of fused-ring (bicyclic) bond motifs is 6. The first-order chi connectivity index (χ1) is 27.8. The van der Waals surface area contributed by atoms with E-state index in [0.29, 0.717) is 11.8 Å². The van der Waals surface area contributed by atoms with Crippen molar-refractivity contribution in [1.29, 1.82) is 0 Å². The minimum Gasteiger partial charge on any atom is -0.309 e. The van der Waals surface area contributed by atoms with Gasteiger partial charge < -0.3 is 9.47 Å². The van der Waals surface area contributed by atoms with E-state index in [-0.39, 0.29) is 12.0 Å². The number of anilines is 2. The van der Waals surface area contributed by atoms with Crippen molar-refractivity contribution >= 4 is 39.0 Å². The van der Waals surface area contributed by atoms with Crippen LogP contribution in [0.1, 0.15) is 17.0 Å². The zero-order valence-electron chi connectivity index (χ0n) is 30.3. The number of aromatic nitrogens is 5. The van der Waals surface area contributed by atoms with Crippen LogP contribution in [0.3, 0.4) is 0 Å². The molecule has 0 spiro atoms. The normalized spacial score (nSPS) is 15.9. The lowest BCUT2D eigenvalue weighted by Crippen LogP contribution is -2.30. The molecule has 0 N–H and O–H groups in total. The summed E-state index contributed by atoms with van der Waals surface area (Å²) in [5.74, 6) is 1.36. The van der Waals surface area contributed by atoms with Crippen molar-refractivity contribution < 1.29 is 0 Å². The van der Waals surface area contributed by atoms with E-state index in [2.05, 4.69) is 149 Å². The molecule has 6 aromatic carbocycles. The lowest BCUT2D eigenvalue weighted by atomic mass is 9.86. The lowest BCUT2D eigenvalue weighted by Gasteiger charge is -2.28. The molecule has 0 radical (unpaired) electrons. The summed E-state index contributed by atoms with van der Waals surface area (Å²) < 4.78 is 2.38. The van der Waals surface area contributed by atoms with Crippen LogP contribution in [-0.2, 0) is 0 Å². The summed E-state index contributed by atoms with van der Waals surface area (Å²) in [6, 6.07) is 57.3. The number of hydrogen-bond donors (Lipinski definition) is 0. The quantitative estimate of drug-likeness (QED) is 0.171. The van der Waals surface area contributed by atoms with Gasteiger partial charge >= 0.3 is 0 Å². The van der Waals surface area contributed by atoms with Crippen molar-refractivity contribution in [3.05, 3.63) is 206 Å². The van der Waals surface area contributed by atoms with Gasteiger partial charge in [-0.1, -0.05) is 146 Å². The standard InChI is InChI=1S/C50H34N6/c1-4-14-33(15-5-1)43-30-44(34-16-6-2-7-17-34)54-49(53-43)37-31-51-50(52-32-37)56-46-23-13-11-21-40(46)42-28-35(25-27-47(42)56)36-24-26-41-39-20-10-12-22-45(39)55(48(41)29-36)38-18-8-3-9-19-38/h1-32,42,47H. The zero-order chi connectivity index (χ0) is 37.0. The number of para-hydroxylation sites is 3. The summed E-state index contributed by atoms with van der Waals surface area (Å²) in [7, 11) is 0. The Morgan fingerprint density at radius 1 is 0.500 bits per heavy atom. The van der Waals surface area contributed by atoms with Crippen LogP contribution in [0.5, 0.6) is 0 Å². The number of benzene rings is 6. The molecule has 1 aliphatic carbocycles. The van der Waals surface area contributed by atoms with Crippen LogP contribution in [0, 0.1) is 0 Å². The molecule has 6 heteroatoms. The predicted octanol–water partition coefficient (Wildman–Crippen LogP) is 11.6. The van der Waals surface area contributed by atoms with Crippen LogP contribution < -0.4 is 4.90 Å². The van der Waals surface area contributed by atoms with Crippen LogP contribution >= 0.6 is 0 Å². The molecular weight excluding hydrogens is 685 g/mol. The zero-order valence-corrected chi connectivity index (χ0v) is 30.3. The van der Waals surface area contributed by atoms with Gasteiger partial charge in [-0.15, -0.1) is 0 Å². The molecule has 264 valence electrons. The Labute approximate surface area is 324 Å². The summed E-state index contributed by atoms with van der Waals surface area (Å²) in [5, 5.41) is 2.50. The molecule has 0 amide bonds. The average Bonchev–Trinajstić information content (AvgIpc) is 3.79. The van der Waals surface area contributed by atoms with Crippen molar-refractivity contribution in [2.75, 3.05) is 4.90 Å². The van der Waals surface area contributed by atoms with E-state index in [9.17, 15) is 0 Å². The molecule has 0 fully saturated rings. The molecule has 0 saturated heterocycles. The molecule has 2 atom stereocenters. The highest BCUT2D eigenvalue weighted by Gasteiger charge is 2.39. The first-order valence-corrected chi connectivity index (χ1v) is 19.0. The van der Waals surface area contributed by atoms with Crippen LogP contribution in [0.15, 0.2) is 194 Å². The lowest BCUT2D eigenvalue weighted by molar-refractivity contribution is 0.731. The molecule has 2 unspecified atom stereocenters. The highest BCUT2D eigenvalue weighted by atomic mass is 15.3. The molecule has 11 rings (SSSR count). The first-order valence-electron chi connectivity index (χ1n) is 19.0. The molecule has 0 bridgehead atoms. The first kappa shape index (κ1) is 32.0. The maximum absolute atomic E-state index is 4.99. The molecule has 0 saturated carbocycles. The second-order valence-electron chi connectivity index (χ2n) is 14.3. The van der Waals surface area contributed by atoms with E-state index in [1.165, 1.54) is 38.5 Å². The number of nitrogens with zero attached hydrogens (tertiary/aromatic N) is 6. The van der Waals surface area contributed by atoms with E-state index < -0.39 is 0 Å². The third-order valence-corrected chi connectivity index (χ3v) is 11.1. The van der Waals surface area contributed by atoms with Crippen LogP contribution in [0.25, 0.3) is 67.0 Å². The fourth-order valence-electron chi connectivity index (χ4n) is 8.43.